The standard InChI is InChI=1S/C25H25F4N3O5/c1-4-36-21-10-15(12-30-22(21)34)14-5-7-19(18(26)9-14)32-23(35)31-16-6-8-20(37-24(2,3)13-33)17(11-16)25(27,28)29/h5-12,33H,4,13H2,1-3H3,(H,30,34)(H2,31,32,35). The van der Waals surface area contributed by atoms with Gasteiger partial charge in [-0.25, -0.2) is 9.18 Å². The fraction of sp³-hybridized carbons (Fsp3) is 0.280. The monoisotopic (exact) mass is 523 g/mol. The lowest BCUT2D eigenvalue weighted by Crippen LogP contribution is -2.33. The highest BCUT2D eigenvalue weighted by Crippen LogP contribution is 2.39. The first-order valence-corrected chi connectivity index (χ1v) is 11.1. The van der Waals surface area contributed by atoms with Gasteiger partial charge in [0, 0.05) is 17.4 Å². The van der Waals surface area contributed by atoms with Crippen LogP contribution in [-0.4, -0.2) is 34.9 Å². The third-order valence-electron chi connectivity index (χ3n) is 5.03. The molecule has 0 atom stereocenters. The average Bonchev–Trinajstić information content (AvgIpc) is 2.82. The maximum atomic E-state index is 14.7. The summed E-state index contributed by atoms with van der Waals surface area (Å²) in [5.41, 5.74) is -2.46. The minimum atomic E-state index is -4.80. The predicted molar refractivity (Wildman–Crippen MR) is 130 cm³/mol. The molecule has 8 nitrogen and oxygen atoms in total. The molecule has 37 heavy (non-hydrogen) atoms. The van der Waals surface area contributed by atoms with Crippen LogP contribution in [-0.2, 0) is 6.18 Å². The van der Waals surface area contributed by atoms with Crippen molar-refractivity contribution in [1.82, 2.24) is 4.98 Å². The Bertz CT molecular complexity index is 1340. The van der Waals surface area contributed by atoms with Crippen LogP contribution in [0, 0.1) is 5.82 Å². The minimum Gasteiger partial charge on any atom is -0.488 e. The highest BCUT2D eigenvalue weighted by molar-refractivity contribution is 6.00. The van der Waals surface area contributed by atoms with E-state index in [1.165, 1.54) is 44.3 Å². The highest BCUT2D eigenvalue weighted by Gasteiger charge is 2.36. The summed E-state index contributed by atoms with van der Waals surface area (Å²) < 4.78 is 65.9. The van der Waals surface area contributed by atoms with E-state index in [0.29, 0.717) is 17.2 Å². The molecule has 3 rings (SSSR count). The smallest absolute Gasteiger partial charge is 0.420 e. The SMILES string of the molecule is CCOc1cc(-c2ccc(NC(=O)Nc3ccc(OC(C)(C)CO)c(C(F)(F)F)c3)c(F)c2)c[nH]c1=O. The number of amides is 2. The van der Waals surface area contributed by atoms with Gasteiger partial charge in [0.05, 0.1) is 24.5 Å². The summed E-state index contributed by atoms with van der Waals surface area (Å²) >= 11 is 0. The second kappa shape index (κ2) is 10.9. The Labute approximate surface area is 209 Å². The molecule has 2 amide bonds. The first kappa shape index (κ1) is 27.5. The second-order valence-electron chi connectivity index (χ2n) is 8.52. The van der Waals surface area contributed by atoms with Gasteiger partial charge in [0.1, 0.15) is 17.2 Å². The van der Waals surface area contributed by atoms with Crippen LogP contribution >= 0.6 is 0 Å². The molecule has 198 valence electrons. The minimum absolute atomic E-state index is 0.0663. The molecule has 12 heteroatoms. The number of aliphatic hydroxyl groups excluding tert-OH is 1. The number of aromatic nitrogens is 1. The molecule has 0 aliphatic rings. The summed E-state index contributed by atoms with van der Waals surface area (Å²) in [6.45, 7) is 4.29. The first-order chi connectivity index (χ1) is 17.3. The topological polar surface area (TPSA) is 113 Å². The van der Waals surface area contributed by atoms with E-state index < -0.39 is 47.1 Å². The zero-order valence-corrected chi connectivity index (χ0v) is 20.1. The fourth-order valence-corrected chi connectivity index (χ4v) is 3.22. The van der Waals surface area contributed by atoms with Crippen LogP contribution in [0.5, 0.6) is 11.5 Å². The number of halogens is 4. The molecule has 3 aromatic rings. The van der Waals surface area contributed by atoms with E-state index in [1.54, 1.807) is 6.92 Å². The van der Waals surface area contributed by atoms with Gasteiger partial charge < -0.3 is 30.2 Å². The quantitative estimate of drug-likeness (QED) is 0.296. The second-order valence-corrected chi connectivity index (χ2v) is 8.52. The average molecular weight is 523 g/mol. The molecule has 1 heterocycles. The molecule has 4 N–H and O–H groups in total. The Balaban J connectivity index is 1.77. The summed E-state index contributed by atoms with van der Waals surface area (Å²) in [4.78, 5) is 26.6. The van der Waals surface area contributed by atoms with Crippen LogP contribution in [0.15, 0.2) is 53.5 Å². The Morgan fingerprint density at radius 3 is 2.38 bits per heavy atom. The number of aliphatic hydroxyl groups is 1. The number of carbonyl (C=O) groups excluding carboxylic acids is 1. The maximum absolute atomic E-state index is 14.7. The number of carbonyl (C=O) groups is 1. The summed E-state index contributed by atoms with van der Waals surface area (Å²) in [6, 6.07) is 7.22. The van der Waals surface area contributed by atoms with Gasteiger partial charge in [0.15, 0.2) is 5.75 Å². The predicted octanol–water partition coefficient (Wildman–Crippen LogP) is 5.39. The summed E-state index contributed by atoms with van der Waals surface area (Å²) in [7, 11) is 0. The molecule has 2 aromatic carbocycles. The number of hydrogen-bond donors (Lipinski definition) is 4. The van der Waals surface area contributed by atoms with Gasteiger partial charge in [-0.3, -0.25) is 4.79 Å². The van der Waals surface area contributed by atoms with Crippen molar-refractivity contribution in [2.24, 2.45) is 0 Å². The van der Waals surface area contributed by atoms with E-state index in [4.69, 9.17) is 9.47 Å². The molecule has 0 saturated carbocycles. The molecule has 0 fully saturated rings. The van der Waals surface area contributed by atoms with Gasteiger partial charge in [-0.2, -0.15) is 13.2 Å². The first-order valence-electron chi connectivity index (χ1n) is 11.1. The van der Waals surface area contributed by atoms with Crippen molar-refractivity contribution < 1.29 is 36.9 Å². The summed E-state index contributed by atoms with van der Waals surface area (Å²) in [5.74, 6) is -1.27. The van der Waals surface area contributed by atoms with E-state index in [2.05, 4.69) is 15.6 Å². The molecule has 0 unspecified atom stereocenters. The lowest BCUT2D eigenvalue weighted by Gasteiger charge is -2.26. The number of H-pyrrole nitrogens is 1. The Kier molecular flexibility index (Phi) is 8.12. The number of alkyl halides is 3. The molecule has 0 aliphatic heterocycles. The van der Waals surface area contributed by atoms with Gasteiger partial charge in [-0.15, -0.1) is 0 Å². The van der Waals surface area contributed by atoms with E-state index in [1.807, 2.05) is 0 Å². The van der Waals surface area contributed by atoms with Gasteiger partial charge in [-0.05, 0) is 62.7 Å². The number of pyridine rings is 1. The normalized spacial score (nSPS) is 11.7. The van der Waals surface area contributed by atoms with E-state index in [9.17, 15) is 32.3 Å². The molecular formula is C25H25F4N3O5. The largest absolute Gasteiger partial charge is 0.488 e. The molecule has 1 aromatic heterocycles. The molecule has 0 saturated heterocycles. The number of hydrogen-bond acceptors (Lipinski definition) is 5. The molecule has 0 aliphatic carbocycles. The zero-order chi connectivity index (χ0) is 27.4. The van der Waals surface area contributed by atoms with Crippen LogP contribution in [0.25, 0.3) is 11.1 Å². The van der Waals surface area contributed by atoms with Crippen LogP contribution in [0.1, 0.15) is 26.3 Å². The number of rotatable bonds is 8. The lowest BCUT2D eigenvalue weighted by atomic mass is 10.1. The van der Waals surface area contributed by atoms with Gasteiger partial charge in [0.2, 0.25) is 0 Å². The third-order valence-corrected chi connectivity index (χ3v) is 5.03. The number of ether oxygens (including phenoxy) is 2. The number of urea groups is 1. The Morgan fingerprint density at radius 2 is 1.76 bits per heavy atom. The molecular weight excluding hydrogens is 498 g/mol. The Hall–Kier alpha value is -4.06. The number of anilines is 2. The van der Waals surface area contributed by atoms with Gasteiger partial charge in [0.25, 0.3) is 5.56 Å². The van der Waals surface area contributed by atoms with Crippen LogP contribution in [0.4, 0.5) is 33.7 Å². The van der Waals surface area contributed by atoms with Crippen molar-refractivity contribution in [2.75, 3.05) is 23.8 Å². The van der Waals surface area contributed by atoms with Crippen LogP contribution in [0.3, 0.4) is 0 Å². The summed E-state index contributed by atoms with van der Waals surface area (Å²) in [6.07, 6.45) is -3.42. The zero-order valence-electron chi connectivity index (χ0n) is 20.1. The van der Waals surface area contributed by atoms with Gasteiger partial charge >= 0.3 is 12.2 Å². The molecule has 0 bridgehead atoms. The maximum Gasteiger partial charge on any atom is 0.420 e. The van der Waals surface area contributed by atoms with E-state index in [-0.39, 0.29) is 23.7 Å². The Morgan fingerprint density at radius 1 is 1.03 bits per heavy atom. The highest BCUT2D eigenvalue weighted by atomic mass is 19.4. The number of benzene rings is 2. The summed E-state index contributed by atoms with van der Waals surface area (Å²) in [5, 5.41) is 13.8. The van der Waals surface area contributed by atoms with Crippen molar-refractivity contribution in [1.29, 1.82) is 0 Å². The van der Waals surface area contributed by atoms with Crippen LogP contribution in [0.2, 0.25) is 0 Å². The van der Waals surface area contributed by atoms with Crippen molar-refractivity contribution >= 4 is 17.4 Å². The number of aromatic amines is 1. The van der Waals surface area contributed by atoms with Crippen molar-refractivity contribution in [3.05, 3.63) is 70.4 Å². The van der Waals surface area contributed by atoms with Gasteiger partial charge in [-0.1, -0.05) is 6.07 Å². The van der Waals surface area contributed by atoms with E-state index in [0.717, 1.165) is 12.1 Å². The molecule has 0 spiro atoms. The fourth-order valence-electron chi connectivity index (χ4n) is 3.22. The lowest BCUT2D eigenvalue weighted by molar-refractivity contribution is -0.140. The third kappa shape index (κ3) is 7.00. The molecule has 0 radical (unpaired) electrons. The van der Waals surface area contributed by atoms with Crippen LogP contribution < -0.4 is 25.7 Å². The van der Waals surface area contributed by atoms with E-state index >= 15 is 0 Å². The van der Waals surface area contributed by atoms with Crippen molar-refractivity contribution in [3.8, 4) is 22.6 Å². The number of nitrogens with one attached hydrogen (secondary N) is 3. The van der Waals surface area contributed by atoms with Crippen molar-refractivity contribution in [2.45, 2.75) is 32.5 Å². The van der Waals surface area contributed by atoms with Crippen molar-refractivity contribution in [3.63, 3.8) is 0 Å².